The van der Waals surface area contributed by atoms with Crippen molar-refractivity contribution < 1.29 is 0 Å². The number of hydrogen-bond acceptors (Lipinski definition) is 3. The highest BCUT2D eigenvalue weighted by Crippen LogP contribution is 2.22. The Morgan fingerprint density at radius 3 is 2.73 bits per heavy atom. The van der Waals surface area contributed by atoms with Crippen molar-refractivity contribution in [1.82, 2.24) is 10.3 Å². The van der Waals surface area contributed by atoms with Crippen molar-refractivity contribution in [2.75, 3.05) is 6.54 Å². The zero-order chi connectivity index (χ0) is 10.3. The van der Waals surface area contributed by atoms with E-state index in [0.717, 1.165) is 12.5 Å². The van der Waals surface area contributed by atoms with Gasteiger partial charge in [-0.3, -0.25) is 0 Å². The third-order valence-electron chi connectivity index (χ3n) is 3.17. The highest BCUT2D eigenvalue weighted by Gasteiger charge is 2.11. The summed E-state index contributed by atoms with van der Waals surface area (Å²) in [6, 6.07) is 0. The first kappa shape index (κ1) is 11.1. The maximum atomic E-state index is 4.27. The molecule has 0 bridgehead atoms. The molecule has 0 radical (unpaired) electrons. The Kier molecular flexibility index (Phi) is 4.61. The van der Waals surface area contributed by atoms with Crippen LogP contribution in [0.2, 0.25) is 0 Å². The predicted molar refractivity (Wildman–Crippen MR) is 65.0 cm³/mol. The largest absolute Gasteiger partial charge is 0.310 e. The van der Waals surface area contributed by atoms with Gasteiger partial charge in [-0.15, -0.1) is 11.3 Å². The monoisotopic (exact) mass is 224 g/mol. The van der Waals surface area contributed by atoms with Crippen molar-refractivity contribution in [2.24, 2.45) is 5.92 Å². The summed E-state index contributed by atoms with van der Waals surface area (Å²) in [5, 5.41) is 6.79. The second kappa shape index (κ2) is 6.23. The van der Waals surface area contributed by atoms with Crippen molar-refractivity contribution >= 4 is 11.3 Å². The van der Waals surface area contributed by atoms with Gasteiger partial charge in [0.1, 0.15) is 5.01 Å². The lowest BCUT2D eigenvalue weighted by Gasteiger charge is -2.13. The van der Waals surface area contributed by atoms with Crippen molar-refractivity contribution in [3.63, 3.8) is 0 Å². The molecular formula is C12H20N2S. The van der Waals surface area contributed by atoms with Gasteiger partial charge in [0.05, 0.1) is 0 Å². The van der Waals surface area contributed by atoms with Crippen molar-refractivity contribution in [3.8, 4) is 0 Å². The van der Waals surface area contributed by atoms with Gasteiger partial charge >= 0.3 is 0 Å². The molecular weight excluding hydrogens is 204 g/mol. The highest BCUT2D eigenvalue weighted by molar-refractivity contribution is 7.09. The van der Waals surface area contributed by atoms with Crippen molar-refractivity contribution in [3.05, 3.63) is 16.6 Å². The van der Waals surface area contributed by atoms with E-state index in [0.29, 0.717) is 0 Å². The molecule has 0 unspecified atom stereocenters. The molecule has 84 valence electrons. The third kappa shape index (κ3) is 3.92. The number of nitrogens with zero attached hydrogens (tertiary/aromatic N) is 1. The van der Waals surface area contributed by atoms with Gasteiger partial charge in [0.2, 0.25) is 0 Å². The van der Waals surface area contributed by atoms with Crippen LogP contribution in [0.25, 0.3) is 0 Å². The van der Waals surface area contributed by atoms with E-state index in [1.165, 1.54) is 50.1 Å². The van der Waals surface area contributed by atoms with Gasteiger partial charge in [-0.05, 0) is 25.3 Å². The van der Waals surface area contributed by atoms with Gasteiger partial charge in [0, 0.05) is 18.1 Å². The second-order valence-corrected chi connectivity index (χ2v) is 5.39. The molecule has 0 atom stereocenters. The fourth-order valence-electron chi connectivity index (χ4n) is 2.29. The average Bonchev–Trinajstić information content (AvgIpc) is 2.62. The number of nitrogens with one attached hydrogen (secondary N) is 1. The second-order valence-electron chi connectivity index (χ2n) is 4.41. The van der Waals surface area contributed by atoms with Crippen LogP contribution in [0.15, 0.2) is 11.6 Å². The fourth-order valence-corrected chi connectivity index (χ4v) is 2.88. The topological polar surface area (TPSA) is 24.9 Å². The average molecular weight is 224 g/mol. The van der Waals surface area contributed by atoms with Gasteiger partial charge in [-0.25, -0.2) is 4.98 Å². The quantitative estimate of drug-likeness (QED) is 0.794. The maximum Gasteiger partial charge on any atom is 0.106 e. The molecule has 1 N–H and O–H groups in total. The van der Waals surface area contributed by atoms with Gasteiger partial charge in [-0.1, -0.05) is 25.7 Å². The SMILES string of the molecule is c1csc(CNCC2CCCCCC2)n1. The van der Waals surface area contributed by atoms with Crippen molar-refractivity contribution in [1.29, 1.82) is 0 Å². The van der Waals surface area contributed by atoms with Gasteiger partial charge < -0.3 is 5.32 Å². The van der Waals surface area contributed by atoms with Gasteiger partial charge in [0.15, 0.2) is 0 Å². The molecule has 0 amide bonds. The molecule has 0 aromatic carbocycles. The molecule has 1 saturated carbocycles. The Balaban J connectivity index is 1.64. The number of hydrogen-bond donors (Lipinski definition) is 1. The number of aromatic nitrogens is 1. The summed E-state index contributed by atoms with van der Waals surface area (Å²) in [6.45, 7) is 2.13. The first-order valence-corrected chi connectivity index (χ1v) is 6.92. The van der Waals surface area contributed by atoms with Crippen LogP contribution >= 0.6 is 11.3 Å². The Labute approximate surface area is 96.1 Å². The molecule has 0 aliphatic heterocycles. The molecule has 2 rings (SSSR count). The van der Waals surface area contributed by atoms with Crippen LogP contribution in [-0.2, 0) is 6.54 Å². The molecule has 1 aromatic heterocycles. The molecule has 1 heterocycles. The predicted octanol–water partition coefficient (Wildman–Crippen LogP) is 3.20. The van der Waals surface area contributed by atoms with E-state index in [9.17, 15) is 0 Å². The lowest BCUT2D eigenvalue weighted by molar-refractivity contribution is 0.425. The number of rotatable bonds is 4. The molecule has 1 aliphatic carbocycles. The molecule has 2 nitrogen and oxygen atoms in total. The standard InChI is InChI=1S/C12H20N2S/c1-2-4-6-11(5-3-1)9-13-10-12-14-7-8-15-12/h7-8,11,13H,1-6,9-10H2. The zero-order valence-corrected chi connectivity index (χ0v) is 10.1. The van der Waals surface area contributed by atoms with E-state index in [4.69, 9.17) is 0 Å². The first-order chi connectivity index (χ1) is 7.45. The molecule has 1 aromatic rings. The van der Waals surface area contributed by atoms with Crippen LogP contribution in [0.4, 0.5) is 0 Å². The van der Waals surface area contributed by atoms with Gasteiger partial charge in [0.25, 0.3) is 0 Å². The molecule has 0 saturated heterocycles. The molecule has 15 heavy (non-hydrogen) atoms. The maximum absolute atomic E-state index is 4.27. The molecule has 1 fully saturated rings. The molecule has 1 aliphatic rings. The van der Waals surface area contributed by atoms with E-state index in [1.54, 1.807) is 11.3 Å². The summed E-state index contributed by atoms with van der Waals surface area (Å²) < 4.78 is 0. The zero-order valence-electron chi connectivity index (χ0n) is 9.24. The summed E-state index contributed by atoms with van der Waals surface area (Å²) in [4.78, 5) is 4.27. The van der Waals surface area contributed by atoms with Crippen LogP contribution in [-0.4, -0.2) is 11.5 Å². The Morgan fingerprint density at radius 1 is 1.27 bits per heavy atom. The highest BCUT2D eigenvalue weighted by atomic mass is 32.1. The van der Waals surface area contributed by atoms with Crippen LogP contribution in [0.3, 0.4) is 0 Å². The van der Waals surface area contributed by atoms with Crippen LogP contribution in [0.1, 0.15) is 43.5 Å². The Morgan fingerprint density at radius 2 is 2.07 bits per heavy atom. The minimum absolute atomic E-state index is 0.910. The van der Waals surface area contributed by atoms with E-state index in [-0.39, 0.29) is 0 Å². The summed E-state index contributed by atoms with van der Waals surface area (Å²) in [5.74, 6) is 0.910. The Hall–Kier alpha value is -0.410. The van der Waals surface area contributed by atoms with Crippen LogP contribution in [0, 0.1) is 5.92 Å². The molecule has 0 spiro atoms. The summed E-state index contributed by atoms with van der Waals surface area (Å²) >= 11 is 1.74. The third-order valence-corrected chi connectivity index (χ3v) is 3.95. The van der Waals surface area contributed by atoms with Gasteiger partial charge in [-0.2, -0.15) is 0 Å². The smallest absolute Gasteiger partial charge is 0.106 e. The van der Waals surface area contributed by atoms with Crippen LogP contribution < -0.4 is 5.32 Å². The summed E-state index contributed by atoms with van der Waals surface area (Å²) in [5.41, 5.74) is 0. The van der Waals surface area contributed by atoms with Crippen molar-refractivity contribution in [2.45, 2.75) is 45.1 Å². The minimum atomic E-state index is 0.910. The van der Waals surface area contributed by atoms with Crippen LogP contribution in [0.5, 0.6) is 0 Å². The van der Waals surface area contributed by atoms with E-state index < -0.39 is 0 Å². The summed E-state index contributed by atoms with van der Waals surface area (Å²) in [7, 11) is 0. The van der Waals surface area contributed by atoms with E-state index in [2.05, 4.69) is 10.3 Å². The lowest BCUT2D eigenvalue weighted by atomic mass is 10.0. The molecule has 3 heteroatoms. The first-order valence-electron chi connectivity index (χ1n) is 6.04. The Bertz CT molecular complexity index is 251. The number of thiazole rings is 1. The minimum Gasteiger partial charge on any atom is -0.310 e. The van der Waals surface area contributed by atoms with E-state index in [1.807, 2.05) is 11.6 Å². The fraction of sp³-hybridized carbons (Fsp3) is 0.750. The lowest BCUT2D eigenvalue weighted by Crippen LogP contribution is -2.22. The van der Waals surface area contributed by atoms with E-state index >= 15 is 0 Å². The normalized spacial score (nSPS) is 18.9. The summed E-state index contributed by atoms with van der Waals surface area (Å²) in [6.07, 6.45) is 10.5.